The van der Waals surface area contributed by atoms with E-state index < -0.39 is 6.04 Å². The van der Waals surface area contributed by atoms with Crippen LogP contribution < -0.4 is 10.2 Å². The SMILES string of the molecule is CO[C@@H]1C[C@@H](C(=O)N2CCC(N3CCCC3)CC2)N(C(=O)NCc2ccc(C(=O)N3CCCCc4sccc43)cc2Cl)C1. The predicted octanol–water partition coefficient (Wildman–Crippen LogP) is 4.77. The van der Waals surface area contributed by atoms with Gasteiger partial charge in [0.05, 0.1) is 11.8 Å². The fourth-order valence-electron chi connectivity index (χ4n) is 7.10. The number of carbonyl (C=O) groups is 3. The number of ether oxygens (including phenoxy) is 1. The summed E-state index contributed by atoms with van der Waals surface area (Å²) >= 11 is 8.33. The highest BCUT2D eigenvalue weighted by molar-refractivity contribution is 7.10. The number of aryl methyl sites for hydroxylation is 1. The van der Waals surface area contributed by atoms with Crippen LogP contribution in [0.15, 0.2) is 29.6 Å². The normalized spacial score (nSPS) is 23.3. The highest BCUT2D eigenvalue weighted by Crippen LogP contribution is 2.33. The van der Waals surface area contributed by atoms with Gasteiger partial charge in [0.2, 0.25) is 5.91 Å². The first-order chi connectivity index (χ1) is 20.9. The van der Waals surface area contributed by atoms with Crippen molar-refractivity contribution in [1.29, 1.82) is 0 Å². The zero-order valence-corrected chi connectivity index (χ0v) is 26.5. The first-order valence-corrected chi connectivity index (χ1v) is 17.0. The highest BCUT2D eigenvalue weighted by Gasteiger charge is 2.42. The van der Waals surface area contributed by atoms with Crippen LogP contribution in [0.3, 0.4) is 0 Å². The van der Waals surface area contributed by atoms with Gasteiger partial charge in [-0.2, -0.15) is 0 Å². The third-order valence-electron chi connectivity index (χ3n) is 9.60. The van der Waals surface area contributed by atoms with Crippen LogP contribution in [0.5, 0.6) is 0 Å². The number of anilines is 1. The van der Waals surface area contributed by atoms with Gasteiger partial charge >= 0.3 is 6.03 Å². The maximum absolute atomic E-state index is 13.6. The quantitative estimate of drug-likeness (QED) is 0.499. The van der Waals surface area contributed by atoms with Gasteiger partial charge in [0.15, 0.2) is 0 Å². The molecule has 43 heavy (non-hydrogen) atoms. The Kier molecular flexibility index (Phi) is 9.57. The Morgan fingerprint density at radius 3 is 2.53 bits per heavy atom. The number of nitrogens with zero attached hydrogens (tertiary/aromatic N) is 4. The molecule has 0 saturated carbocycles. The molecule has 0 bridgehead atoms. The Morgan fingerprint density at radius 2 is 1.79 bits per heavy atom. The smallest absolute Gasteiger partial charge is 0.318 e. The Balaban J connectivity index is 1.06. The highest BCUT2D eigenvalue weighted by atomic mass is 35.5. The van der Waals surface area contributed by atoms with E-state index in [0.29, 0.717) is 41.7 Å². The van der Waals surface area contributed by atoms with Crippen LogP contribution in [0.25, 0.3) is 0 Å². The van der Waals surface area contributed by atoms with Crippen LogP contribution in [0.4, 0.5) is 10.5 Å². The fourth-order valence-corrected chi connectivity index (χ4v) is 8.27. The van der Waals surface area contributed by atoms with E-state index in [1.54, 1.807) is 41.5 Å². The number of methoxy groups -OCH3 is 1. The van der Waals surface area contributed by atoms with Gasteiger partial charge in [-0.05, 0) is 87.2 Å². The van der Waals surface area contributed by atoms with Crippen LogP contribution in [0.2, 0.25) is 5.02 Å². The third kappa shape index (κ3) is 6.57. The molecule has 4 aliphatic rings. The van der Waals surface area contributed by atoms with Gasteiger partial charge in [-0.25, -0.2) is 4.79 Å². The van der Waals surface area contributed by atoms with E-state index in [2.05, 4.69) is 10.2 Å². The Bertz CT molecular complexity index is 1320. The fraction of sp³-hybridized carbons (Fsp3) is 0.594. The zero-order chi connectivity index (χ0) is 29.9. The van der Waals surface area contributed by atoms with Gasteiger partial charge in [-0.3, -0.25) is 9.59 Å². The molecule has 5 heterocycles. The van der Waals surface area contributed by atoms with Crippen molar-refractivity contribution >= 4 is 46.5 Å². The summed E-state index contributed by atoms with van der Waals surface area (Å²) in [6.07, 6.45) is 7.87. The van der Waals surface area contributed by atoms with Gasteiger partial charge < -0.3 is 29.7 Å². The second-order valence-corrected chi connectivity index (χ2v) is 13.6. The number of amides is 4. The van der Waals surface area contributed by atoms with Crippen LogP contribution in [-0.2, 0) is 22.5 Å². The Labute approximate surface area is 263 Å². The minimum absolute atomic E-state index is 0.0118. The van der Waals surface area contributed by atoms with Crippen molar-refractivity contribution in [2.45, 2.75) is 76.1 Å². The van der Waals surface area contributed by atoms with E-state index in [9.17, 15) is 14.4 Å². The van der Waals surface area contributed by atoms with Crippen molar-refractivity contribution in [3.63, 3.8) is 0 Å². The molecular weight excluding hydrogens is 586 g/mol. The molecule has 9 nitrogen and oxygen atoms in total. The molecule has 0 radical (unpaired) electrons. The van der Waals surface area contributed by atoms with Gasteiger partial charge in [-0.1, -0.05) is 17.7 Å². The number of benzene rings is 1. The first-order valence-electron chi connectivity index (χ1n) is 15.7. The van der Waals surface area contributed by atoms with E-state index in [0.717, 1.165) is 50.9 Å². The number of hydrogen-bond acceptors (Lipinski definition) is 6. The molecular formula is C32H42ClN5O4S. The molecule has 11 heteroatoms. The largest absolute Gasteiger partial charge is 0.380 e. The maximum Gasteiger partial charge on any atom is 0.318 e. The third-order valence-corrected chi connectivity index (χ3v) is 10.9. The van der Waals surface area contributed by atoms with Crippen LogP contribution in [-0.4, -0.2) is 97.1 Å². The van der Waals surface area contributed by atoms with Crippen molar-refractivity contribution in [1.82, 2.24) is 20.0 Å². The maximum atomic E-state index is 13.6. The Morgan fingerprint density at radius 1 is 1.02 bits per heavy atom. The first kappa shape index (κ1) is 30.4. The zero-order valence-electron chi connectivity index (χ0n) is 24.9. The lowest BCUT2D eigenvalue weighted by atomic mass is 10.0. The number of likely N-dealkylation sites (tertiary alicyclic amines) is 3. The average molecular weight is 628 g/mol. The van der Waals surface area contributed by atoms with E-state index >= 15 is 0 Å². The van der Waals surface area contributed by atoms with Gasteiger partial charge in [0.25, 0.3) is 5.91 Å². The molecule has 1 aromatic carbocycles. The molecule has 6 rings (SSSR count). The number of fused-ring (bicyclic) bond motifs is 1. The lowest BCUT2D eigenvalue weighted by molar-refractivity contribution is -0.136. The summed E-state index contributed by atoms with van der Waals surface area (Å²) < 4.78 is 5.58. The monoisotopic (exact) mass is 627 g/mol. The Hall–Kier alpha value is -2.66. The number of piperidine rings is 1. The summed E-state index contributed by atoms with van der Waals surface area (Å²) in [7, 11) is 1.63. The second kappa shape index (κ2) is 13.5. The molecule has 3 saturated heterocycles. The molecule has 0 unspecified atom stereocenters. The van der Waals surface area contributed by atoms with E-state index in [4.69, 9.17) is 16.3 Å². The summed E-state index contributed by atoms with van der Waals surface area (Å²) in [6, 6.07) is 7.01. The minimum Gasteiger partial charge on any atom is -0.380 e. The topological polar surface area (TPSA) is 85.4 Å². The lowest BCUT2D eigenvalue weighted by Crippen LogP contribution is -2.53. The van der Waals surface area contributed by atoms with Crippen LogP contribution in [0, 0.1) is 0 Å². The van der Waals surface area contributed by atoms with Crippen molar-refractivity contribution < 1.29 is 19.1 Å². The van der Waals surface area contributed by atoms with Crippen molar-refractivity contribution in [3.05, 3.63) is 50.7 Å². The molecule has 0 spiro atoms. The predicted molar refractivity (Wildman–Crippen MR) is 169 cm³/mol. The molecule has 3 fully saturated rings. The van der Waals surface area contributed by atoms with Gasteiger partial charge in [0, 0.05) is 67.8 Å². The standard InChI is InChI=1S/C32H42ClN5O4S/c1-42-25-19-28(31(40)36-15-9-24(10-16-36)35-12-4-5-13-35)38(21-25)32(41)34-20-23-8-7-22(18-26(23)33)30(39)37-14-3-2-6-29-27(37)11-17-43-29/h7-8,11,17-18,24-25,28H,2-6,9-10,12-16,19-21H2,1H3,(H,34,41)/t25-,28+/m1/s1. The average Bonchev–Trinajstić information content (AvgIpc) is 3.80. The number of thiophene rings is 1. The van der Waals surface area contributed by atoms with Crippen molar-refractivity contribution in [2.75, 3.05) is 51.3 Å². The van der Waals surface area contributed by atoms with Crippen LogP contribution >= 0.6 is 22.9 Å². The lowest BCUT2D eigenvalue weighted by Gasteiger charge is -2.38. The number of urea groups is 1. The van der Waals surface area contributed by atoms with Crippen LogP contribution in [0.1, 0.15) is 65.7 Å². The summed E-state index contributed by atoms with van der Waals surface area (Å²) in [5.74, 6) is -0.0507. The summed E-state index contributed by atoms with van der Waals surface area (Å²) in [6.45, 7) is 5.05. The van der Waals surface area contributed by atoms with E-state index in [-0.39, 0.29) is 30.5 Å². The molecule has 1 aromatic heterocycles. The summed E-state index contributed by atoms with van der Waals surface area (Å²) in [4.78, 5) is 49.7. The van der Waals surface area contributed by atoms with Crippen molar-refractivity contribution in [2.24, 2.45) is 0 Å². The molecule has 232 valence electrons. The molecule has 0 aliphatic carbocycles. The van der Waals surface area contributed by atoms with Gasteiger partial charge in [-0.15, -0.1) is 11.3 Å². The molecule has 2 atom stereocenters. The number of rotatable bonds is 6. The number of carbonyl (C=O) groups excluding carboxylic acids is 3. The molecule has 4 amide bonds. The molecule has 4 aliphatic heterocycles. The number of nitrogens with one attached hydrogen (secondary N) is 1. The summed E-state index contributed by atoms with van der Waals surface area (Å²) in [5, 5.41) is 5.43. The second-order valence-electron chi connectivity index (χ2n) is 12.2. The van der Waals surface area contributed by atoms with E-state index in [1.807, 2.05) is 21.2 Å². The summed E-state index contributed by atoms with van der Waals surface area (Å²) in [5.41, 5.74) is 2.24. The van der Waals surface area contributed by atoms with E-state index in [1.165, 1.54) is 30.8 Å². The number of halogens is 1. The van der Waals surface area contributed by atoms with Crippen molar-refractivity contribution in [3.8, 4) is 0 Å². The molecule has 2 aromatic rings. The molecule has 1 N–H and O–H groups in total. The minimum atomic E-state index is -0.542. The number of hydrogen-bond donors (Lipinski definition) is 1. The van der Waals surface area contributed by atoms with Gasteiger partial charge in [0.1, 0.15) is 6.04 Å².